The zero-order chi connectivity index (χ0) is 10.0. The standard InChI is InChI=1S/C8H8ClF2NO.ClH/c9-6-2-4(11)1-5(8(6)13)7(12)3-10;/h1-2,7,13H,3,12H2;1H/t7-;/m1./s1. The zero-order valence-corrected chi connectivity index (χ0v) is 8.58. The third kappa shape index (κ3) is 2.70. The van der Waals surface area contributed by atoms with E-state index >= 15 is 0 Å². The summed E-state index contributed by atoms with van der Waals surface area (Å²) in [5.41, 5.74) is 5.25. The zero-order valence-electron chi connectivity index (χ0n) is 7.01. The van der Waals surface area contributed by atoms with Crippen molar-refractivity contribution in [3.05, 3.63) is 28.5 Å². The maximum Gasteiger partial charge on any atom is 0.139 e. The molecule has 0 radical (unpaired) electrons. The third-order valence-electron chi connectivity index (χ3n) is 1.62. The minimum Gasteiger partial charge on any atom is -0.506 e. The predicted molar refractivity (Wildman–Crippen MR) is 53.2 cm³/mol. The van der Waals surface area contributed by atoms with Gasteiger partial charge in [0, 0.05) is 5.56 Å². The summed E-state index contributed by atoms with van der Waals surface area (Å²) in [6.07, 6.45) is 0. The first kappa shape index (κ1) is 13.4. The summed E-state index contributed by atoms with van der Waals surface area (Å²) in [4.78, 5) is 0. The molecule has 1 aromatic carbocycles. The lowest BCUT2D eigenvalue weighted by molar-refractivity contribution is 0.412. The van der Waals surface area contributed by atoms with Gasteiger partial charge in [-0.25, -0.2) is 8.78 Å². The third-order valence-corrected chi connectivity index (χ3v) is 1.91. The van der Waals surface area contributed by atoms with Crippen molar-refractivity contribution in [2.45, 2.75) is 6.04 Å². The second kappa shape index (κ2) is 5.34. The molecule has 80 valence electrons. The molecule has 0 aliphatic rings. The minimum atomic E-state index is -1.05. The van der Waals surface area contributed by atoms with Gasteiger partial charge in [0.05, 0.1) is 11.1 Å². The Kier molecular flexibility index (Phi) is 5.12. The molecule has 0 aliphatic carbocycles. The van der Waals surface area contributed by atoms with E-state index in [9.17, 15) is 13.9 Å². The van der Waals surface area contributed by atoms with Gasteiger partial charge in [-0.2, -0.15) is 0 Å². The van der Waals surface area contributed by atoms with Crippen LogP contribution in [0.2, 0.25) is 5.02 Å². The largest absolute Gasteiger partial charge is 0.506 e. The van der Waals surface area contributed by atoms with Crippen LogP contribution < -0.4 is 5.73 Å². The van der Waals surface area contributed by atoms with Crippen molar-refractivity contribution >= 4 is 24.0 Å². The molecule has 0 saturated carbocycles. The number of benzene rings is 1. The average Bonchev–Trinajstić information content (AvgIpc) is 2.10. The molecule has 0 unspecified atom stereocenters. The van der Waals surface area contributed by atoms with E-state index in [4.69, 9.17) is 17.3 Å². The molecule has 0 aliphatic heterocycles. The number of phenols is 1. The first-order chi connectivity index (χ1) is 6.06. The fraction of sp³-hybridized carbons (Fsp3) is 0.250. The Hall–Kier alpha value is -0.580. The fourth-order valence-electron chi connectivity index (χ4n) is 0.952. The maximum absolute atomic E-state index is 12.7. The van der Waals surface area contributed by atoms with E-state index in [1.54, 1.807) is 0 Å². The number of halogens is 4. The number of nitrogens with two attached hydrogens (primary N) is 1. The van der Waals surface area contributed by atoms with Gasteiger partial charge in [-0.05, 0) is 12.1 Å². The molecule has 0 amide bonds. The van der Waals surface area contributed by atoms with Crippen molar-refractivity contribution in [2.75, 3.05) is 6.67 Å². The molecule has 0 saturated heterocycles. The summed E-state index contributed by atoms with van der Waals surface area (Å²) in [6, 6.07) is 0.852. The van der Waals surface area contributed by atoms with Gasteiger partial charge in [0.2, 0.25) is 0 Å². The summed E-state index contributed by atoms with van der Waals surface area (Å²) >= 11 is 5.45. The topological polar surface area (TPSA) is 46.2 Å². The van der Waals surface area contributed by atoms with E-state index in [2.05, 4.69) is 0 Å². The molecule has 1 atom stereocenters. The van der Waals surface area contributed by atoms with Gasteiger partial charge in [-0.3, -0.25) is 0 Å². The van der Waals surface area contributed by atoms with E-state index in [0.717, 1.165) is 12.1 Å². The van der Waals surface area contributed by atoms with Crippen molar-refractivity contribution in [2.24, 2.45) is 5.73 Å². The van der Waals surface area contributed by atoms with Gasteiger partial charge in [0.15, 0.2) is 0 Å². The van der Waals surface area contributed by atoms with E-state index in [1.165, 1.54) is 0 Å². The van der Waals surface area contributed by atoms with Gasteiger partial charge in [-0.1, -0.05) is 11.6 Å². The van der Waals surface area contributed by atoms with Crippen LogP contribution in [0.3, 0.4) is 0 Å². The summed E-state index contributed by atoms with van der Waals surface area (Å²) in [6.45, 7) is -0.882. The molecule has 3 N–H and O–H groups in total. The summed E-state index contributed by atoms with van der Waals surface area (Å²) in [5.74, 6) is -1.02. The second-order valence-electron chi connectivity index (χ2n) is 2.59. The number of phenolic OH excluding ortho intramolecular Hbond substituents is 1. The van der Waals surface area contributed by atoms with Gasteiger partial charge in [0.1, 0.15) is 18.2 Å². The lowest BCUT2D eigenvalue weighted by atomic mass is 10.1. The highest BCUT2D eigenvalue weighted by Crippen LogP contribution is 2.31. The molecule has 1 aromatic rings. The van der Waals surface area contributed by atoms with Crippen LogP contribution in [0, 0.1) is 5.82 Å². The molecule has 0 aromatic heterocycles. The molecule has 0 spiro atoms. The minimum absolute atomic E-state index is 0. The molecule has 1 rings (SSSR count). The van der Waals surface area contributed by atoms with Crippen molar-refractivity contribution in [1.82, 2.24) is 0 Å². The molecule has 0 fully saturated rings. The Labute approximate surface area is 91.1 Å². The van der Waals surface area contributed by atoms with Crippen molar-refractivity contribution in [3.63, 3.8) is 0 Å². The smallest absolute Gasteiger partial charge is 0.139 e. The Morgan fingerprint density at radius 2 is 2.07 bits per heavy atom. The lowest BCUT2D eigenvalue weighted by Crippen LogP contribution is -2.12. The van der Waals surface area contributed by atoms with Crippen molar-refractivity contribution < 1.29 is 13.9 Å². The van der Waals surface area contributed by atoms with Gasteiger partial charge < -0.3 is 10.8 Å². The Bertz CT molecular complexity index is 322. The number of rotatable bonds is 2. The Balaban J connectivity index is 0.00000169. The van der Waals surface area contributed by atoms with Gasteiger partial charge in [-0.15, -0.1) is 12.4 Å². The summed E-state index contributed by atoms with van der Waals surface area (Å²) in [7, 11) is 0. The van der Waals surface area contributed by atoms with E-state index in [0.29, 0.717) is 0 Å². The number of alkyl halides is 1. The van der Waals surface area contributed by atoms with E-state index in [1.807, 2.05) is 0 Å². The van der Waals surface area contributed by atoms with Crippen LogP contribution in [0.4, 0.5) is 8.78 Å². The quantitative estimate of drug-likeness (QED) is 0.839. The normalized spacial score (nSPS) is 12.0. The Morgan fingerprint density at radius 3 is 2.57 bits per heavy atom. The highest BCUT2D eigenvalue weighted by atomic mass is 35.5. The van der Waals surface area contributed by atoms with Gasteiger partial charge in [0.25, 0.3) is 0 Å². The molecular weight excluding hydrogens is 235 g/mol. The van der Waals surface area contributed by atoms with Crippen LogP contribution in [-0.4, -0.2) is 11.8 Å². The molecule has 0 heterocycles. The number of hydrogen-bond donors (Lipinski definition) is 2. The Morgan fingerprint density at radius 1 is 1.50 bits per heavy atom. The first-order valence-electron chi connectivity index (χ1n) is 3.55. The summed E-state index contributed by atoms with van der Waals surface area (Å²) < 4.78 is 24.8. The average molecular weight is 244 g/mol. The van der Waals surface area contributed by atoms with Crippen LogP contribution in [0.15, 0.2) is 12.1 Å². The summed E-state index contributed by atoms with van der Waals surface area (Å²) in [5, 5.41) is 9.11. The van der Waals surface area contributed by atoms with Crippen molar-refractivity contribution in [3.8, 4) is 5.75 Å². The van der Waals surface area contributed by atoms with Gasteiger partial charge >= 0.3 is 0 Å². The maximum atomic E-state index is 12.7. The monoisotopic (exact) mass is 243 g/mol. The lowest BCUT2D eigenvalue weighted by Gasteiger charge is -2.10. The first-order valence-corrected chi connectivity index (χ1v) is 3.93. The number of hydrogen-bond acceptors (Lipinski definition) is 2. The highest BCUT2D eigenvalue weighted by molar-refractivity contribution is 6.32. The molecule has 6 heteroatoms. The van der Waals surface area contributed by atoms with Crippen LogP contribution >= 0.6 is 24.0 Å². The van der Waals surface area contributed by atoms with Crippen LogP contribution in [0.25, 0.3) is 0 Å². The van der Waals surface area contributed by atoms with Crippen LogP contribution in [0.5, 0.6) is 5.75 Å². The molecule has 14 heavy (non-hydrogen) atoms. The SMILES string of the molecule is Cl.N[C@H](CF)c1cc(F)cc(Cl)c1O. The van der Waals surface area contributed by atoms with Crippen LogP contribution in [0.1, 0.15) is 11.6 Å². The number of aromatic hydroxyl groups is 1. The van der Waals surface area contributed by atoms with E-state index < -0.39 is 18.5 Å². The highest BCUT2D eigenvalue weighted by Gasteiger charge is 2.14. The fourth-order valence-corrected chi connectivity index (χ4v) is 1.16. The predicted octanol–water partition coefficient (Wildman–Crippen LogP) is 2.58. The van der Waals surface area contributed by atoms with Crippen LogP contribution in [-0.2, 0) is 0 Å². The molecule has 0 bridgehead atoms. The molecule has 2 nitrogen and oxygen atoms in total. The second-order valence-corrected chi connectivity index (χ2v) is 2.99. The van der Waals surface area contributed by atoms with E-state index in [-0.39, 0.29) is 28.7 Å². The molecular formula is C8H9Cl2F2NO. The van der Waals surface area contributed by atoms with Crippen molar-refractivity contribution in [1.29, 1.82) is 0 Å².